The van der Waals surface area contributed by atoms with E-state index >= 15 is 0 Å². The van der Waals surface area contributed by atoms with Crippen LogP contribution in [0.5, 0.6) is 0 Å². The van der Waals surface area contributed by atoms with Crippen molar-refractivity contribution in [1.29, 1.82) is 0 Å². The van der Waals surface area contributed by atoms with Crippen LogP contribution >= 0.6 is 15.9 Å². The van der Waals surface area contributed by atoms with Crippen LogP contribution in [0, 0.1) is 0 Å². The molecule has 7 nitrogen and oxygen atoms in total. The highest BCUT2D eigenvalue weighted by molar-refractivity contribution is 9.10. The fraction of sp³-hybridized carbons (Fsp3) is 0.118. The van der Waals surface area contributed by atoms with Crippen LogP contribution in [0.2, 0.25) is 0 Å². The van der Waals surface area contributed by atoms with E-state index in [1.54, 1.807) is 37.3 Å². The summed E-state index contributed by atoms with van der Waals surface area (Å²) in [7, 11) is -3.27. The van der Waals surface area contributed by atoms with E-state index in [0.29, 0.717) is 11.1 Å². The lowest BCUT2D eigenvalue weighted by Crippen LogP contribution is -2.11. The number of aromatic nitrogens is 2. The molecular formula is C17H14BrN3O4S. The third kappa shape index (κ3) is 4.00. The quantitative estimate of drug-likeness (QED) is 0.657. The van der Waals surface area contributed by atoms with E-state index in [4.69, 9.17) is 4.42 Å². The van der Waals surface area contributed by atoms with Gasteiger partial charge in [-0.2, -0.15) is 0 Å². The van der Waals surface area contributed by atoms with Gasteiger partial charge in [-0.25, -0.2) is 8.42 Å². The summed E-state index contributed by atoms with van der Waals surface area (Å²) in [5, 5.41) is 10.2. The Morgan fingerprint density at radius 2 is 1.88 bits per heavy atom. The minimum absolute atomic E-state index is 0.0265. The van der Waals surface area contributed by atoms with Crippen molar-refractivity contribution in [1.82, 2.24) is 10.2 Å². The minimum Gasteiger partial charge on any atom is -0.403 e. The van der Waals surface area contributed by atoms with Crippen molar-refractivity contribution < 1.29 is 17.6 Å². The third-order valence-corrected chi connectivity index (χ3v) is 5.82. The van der Waals surface area contributed by atoms with Crippen molar-refractivity contribution in [3.05, 3.63) is 58.6 Å². The normalized spacial score (nSPS) is 11.3. The highest BCUT2D eigenvalue weighted by Gasteiger charge is 2.15. The van der Waals surface area contributed by atoms with Crippen molar-refractivity contribution in [2.24, 2.45) is 0 Å². The molecular weight excluding hydrogens is 422 g/mol. The summed E-state index contributed by atoms with van der Waals surface area (Å²) in [6.45, 7) is 1.58. The van der Waals surface area contributed by atoms with Crippen molar-refractivity contribution in [3.63, 3.8) is 0 Å². The predicted octanol–water partition coefficient (Wildman–Crippen LogP) is 3.55. The van der Waals surface area contributed by atoms with Crippen LogP contribution in [0.25, 0.3) is 11.5 Å². The highest BCUT2D eigenvalue weighted by Crippen LogP contribution is 2.22. The second-order valence-corrected chi connectivity index (χ2v) is 8.50. The number of rotatable bonds is 5. The molecule has 1 N–H and O–H groups in total. The monoisotopic (exact) mass is 435 g/mol. The number of nitrogens with one attached hydrogen (secondary N) is 1. The molecule has 0 saturated carbocycles. The molecule has 3 rings (SSSR count). The van der Waals surface area contributed by atoms with Crippen LogP contribution in [0.3, 0.4) is 0 Å². The number of carbonyl (C=O) groups excluding carboxylic acids is 1. The first kappa shape index (κ1) is 18.3. The molecule has 9 heteroatoms. The molecule has 1 amide bonds. The molecule has 3 aromatic rings. The van der Waals surface area contributed by atoms with E-state index in [-0.39, 0.29) is 28.5 Å². The van der Waals surface area contributed by atoms with Gasteiger partial charge in [-0.1, -0.05) is 34.0 Å². The second kappa shape index (κ2) is 7.38. The van der Waals surface area contributed by atoms with Crippen LogP contribution in [0.15, 0.2) is 62.3 Å². The summed E-state index contributed by atoms with van der Waals surface area (Å²) in [6, 6.07) is 13.0. The third-order valence-electron chi connectivity index (χ3n) is 3.57. The average Bonchev–Trinajstić information content (AvgIpc) is 3.10. The standard InChI is InChI=1S/C17H14BrN3O4S/c1-2-26(23,24)14-8-6-11(7-9-14)16-20-21-17(25-16)19-15(22)12-4-3-5-13(18)10-12/h3-10H,2H2,1H3,(H,19,21,22). The maximum Gasteiger partial charge on any atom is 0.322 e. The molecule has 0 aliphatic rings. The van der Waals surface area contributed by atoms with Gasteiger partial charge in [0.1, 0.15) is 0 Å². The lowest BCUT2D eigenvalue weighted by molar-refractivity contribution is 0.102. The number of nitrogens with zero attached hydrogens (tertiary/aromatic N) is 2. The van der Waals surface area contributed by atoms with Gasteiger partial charge in [-0.15, -0.1) is 5.10 Å². The molecule has 134 valence electrons. The van der Waals surface area contributed by atoms with Gasteiger partial charge < -0.3 is 4.42 Å². The first-order valence-electron chi connectivity index (χ1n) is 7.62. The summed E-state index contributed by atoms with van der Waals surface area (Å²) in [5.41, 5.74) is 0.990. The zero-order valence-corrected chi connectivity index (χ0v) is 16.0. The number of hydrogen-bond acceptors (Lipinski definition) is 6. The minimum atomic E-state index is -3.27. The molecule has 0 fully saturated rings. The summed E-state index contributed by atoms with van der Waals surface area (Å²) >= 11 is 3.30. The molecule has 0 aliphatic heterocycles. The Balaban J connectivity index is 1.76. The van der Waals surface area contributed by atoms with Gasteiger partial charge in [0.2, 0.25) is 5.89 Å². The molecule has 0 spiro atoms. The fourth-order valence-electron chi connectivity index (χ4n) is 2.16. The fourth-order valence-corrected chi connectivity index (χ4v) is 3.44. The van der Waals surface area contributed by atoms with Gasteiger partial charge in [0, 0.05) is 15.6 Å². The van der Waals surface area contributed by atoms with Gasteiger partial charge >= 0.3 is 6.01 Å². The number of amides is 1. The number of benzene rings is 2. The Bertz CT molecular complexity index is 1050. The zero-order valence-electron chi connectivity index (χ0n) is 13.6. The molecule has 2 aromatic carbocycles. The Hall–Kier alpha value is -2.52. The lowest BCUT2D eigenvalue weighted by atomic mass is 10.2. The van der Waals surface area contributed by atoms with E-state index in [2.05, 4.69) is 31.4 Å². The largest absolute Gasteiger partial charge is 0.403 e. The van der Waals surface area contributed by atoms with Crippen molar-refractivity contribution >= 4 is 37.7 Å². The summed E-state index contributed by atoms with van der Waals surface area (Å²) in [5.74, 6) is -0.181. The molecule has 26 heavy (non-hydrogen) atoms. The Kier molecular flexibility index (Phi) is 5.19. The van der Waals surface area contributed by atoms with E-state index in [1.807, 2.05) is 6.07 Å². The van der Waals surface area contributed by atoms with Crippen molar-refractivity contribution in [3.8, 4) is 11.5 Å². The smallest absolute Gasteiger partial charge is 0.322 e. The molecule has 1 heterocycles. The number of sulfone groups is 1. The van der Waals surface area contributed by atoms with Gasteiger partial charge in [0.25, 0.3) is 5.91 Å². The van der Waals surface area contributed by atoms with Crippen molar-refractivity contribution in [2.75, 3.05) is 11.1 Å². The van der Waals surface area contributed by atoms with Gasteiger partial charge in [0.05, 0.1) is 10.6 Å². The number of anilines is 1. The summed E-state index contributed by atoms with van der Waals surface area (Å²) in [6.07, 6.45) is 0. The number of carbonyl (C=O) groups is 1. The molecule has 0 aliphatic carbocycles. The summed E-state index contributed by atoms with van der Waals surface area (Å²) in [4.78, 5) is 12.4. The molecule has 0 radical (unpaired) electrons. The topological polar surface area (TPSA) is 102 Å². The molecule has 0 bridgehead atoms. The maximum atomic E-state index is 12.2. The highest BCUT2D eigenvalue weighted by atomic mass is 79.9. The molecule has 0 saturated heterocycles. The van der Waals surface area contributed by atoms with Crippen LogP contribution in [-0.4, -0.2) is 30.3 Å². The number of halogens is 1. The molecule has 1 aromatic heterocycles. The molecule has 0 unspecified atom stereocenters. The first-order chi connectivity index (χ1) is 12.4. The van der Waals surface area contributed by atoms with Gasteiger partial charge in [0.15, 0.2) is 9.84 Å². The SMILES string of the molecule is CCS(=O)(=O)c1ccc(-c2nnc(NC(=O)c3cccc(Br)c3)o2)cc1. The summed E-state index contributed by atoms with van der Waals surface area (Å²) < 4.78 is 29.9. The maximum absolute atomic E-state index is 12.2. The van der Waals surface area contributed by atoms with Gasteiger partial charge in [-0.05, 0) is 42.5 Å². The lowest BCUT2D eigenvalue weighted by Gasteiger charge is -2.02. The Morgan fingerprint density at radius 1 is 1.15 bits per heavy atom. The second-order valence-electron chi connectivity index (χ2n) is 5.30. The van der Waals surface area contributed by atoms with E-state index in [1.165, 1.54) is 12.1 Å². The first-order valence-corrected chi connectivity index (χ1v) is 10.1. The Labute approximate surface area is 158 Å². The average molecular weight is 436 g/mol. The van der Waals surface area contributed by atoms with E-state index < -0.39 is 9.84 Å². The zero-order chi connectivity index (χ0) is 18.7. The Morgan fingerprint density at radius 3 is 2.54 bits per heavy atom. The predicted molar refractivity (Wildman–Crippen MR) is 99.6 cm³/mol. The van der Waals surface area contributed by atoms with Crippen LogP contribution in [0.4, 0.5) is 6.01 Å². The van der Waals surface area contributed by atoms with E-state index in [0.717, 1.165) is 4.47 Å². The van der Waals surface area contributed by atoms with E-state index in [9.17, 15) is 13.2 Å². The molecule has 0 atom stereocenters. The van der Waals surface area contributed by atoms with Crippen LogP contribution in [0.1, 0.15) is 17.3 Å². The van der Waals surface area contributed by atoms with Gasteiger partial charge in [-0.3, -0.25) is 10.1 Å². The van der Waals surface area contributed by atoms with Crippen LogP contribution in [-0.2, 0) is 9.84 Å². The number of hydrogen-bond donors (Lipinski definition) is 1. The van der Waals surface area contributed by atoms with Crippen LogP contribution < -0.4 is 5.32 Å². The van der Waals surface area contributed by atoms with Crippen molar-refractivity contribution in [2.45, 2.75) is 11.8 Å².